The molecule has 1 saturated heterocycles. The van der Waals surface area contributed by atoms with Crippen LogP contribution in [-0.2, 0) is 6.54 Å². The van der Waals surface area contributed by atoms with Gasteiger partial charge in [0.05, 0.1) is 17.8 Å². The van der Waals surface area contributed by atoms with Crippen LogP contribution in [0.5, 0.6) is 0 Å². The fraction of sp³-hybridized carbons (Fsp3) is 0.312. The predicted molar refractivity (Wildman–Crippen MR) is 81.0 cm³/mol. The number of nitrogens with zero attached hydrogens (tertiary/aromatic N) is 3. The molecule has 1 aromatic carbocycles. The monoisotopic (exact) mass is 318 g/mol. The molecule has 1 fully saturated rings. The van der Waals surface area contributed by atoms with Crippen molar-refractivity contribution in [3.63, 3.8) is 0 Å². The van der Waals surface area contributed by atoms with Gasteiger partial charge >= 0.3 is 0 Å². The summed E-state index contributed by atoms with van der Waals surface area (Å²) in [6.07, 6.45) is 3.88. The molecule has 0 saturated carbocycles. The van der Waals surface area contributed by atoms with E-state index >= 15 is 0 Å². The molecule has 3 rings (SSSR count). The maximum absolute atomic E-state index is 13.6. The first kappa shape index (κ1) is 15.3. The number of hydrogen-bond donors (Lipinski definition) is 1. The Morgan fingerprint density at radius 1 is 1.22 bits per heavy atom. The quantitative estimate of drug-likeness (QED) is 0.940. The van der Waals surface area contributed by atoms with Crippen LogP contribution in [0, 0.1) is 11.6 Å². The van der Waals surface area contributed by atoms with Crippen LogP contribution < -0.4 is 10.2 Å². The number of carbonyl (C=O) groups excluding carboxylic acids is 1. The lowest BCUT2D eigenvalue weighted by molar-refractivity contribution is 0.0946. The molecule has 1 N–H and O–H groups in total. The molecule has 0 bridgehead atoms. The fourth-order valence-electron chi connectivity index (χ4n) is 2.49. The van der Waals surface area contributed by atoms with Gasteiger partial charge in [0.2, 0.25) is 5.95 Å². The van der Waals surface area contributed by atoms with Gasteiger partial charge < -0.3 is 10.2 Å². The number of hydrogen-bond acceptors (Lipinski definition) is 4. The number of anilines is 1. The maximum atomic E-state index is 13.6. The molecular formula is C16H16F2N4O. The van der Waals surface area contributed by atoms with Crippen molar-refractivity contribution < 1.29 is 13.6 Å². The molecule has 0 aliphatic carbocycles. The lowest BCUT2D eigenvalue weighted by atomic mass is 10.2. The number of rotatable bonds is 4. The van der Waals surface area contributed by atoms with E-state index in [4.69, 9.17) is 0 Å². The Hall–Kier alpha value is -2.57. The zero-order chi connectivity index (χ0) is 16.2. The summed E-state index contributed by atoms with van der Waals surface area (Å²) >= 11 is 0. The second-order valence-electron chi connectivity index (χ2n) is 5.35. The first-order valence-electron chi connectivity index (χ1n) is 7.43. The normalized spacial score (nSPS) is 14.1. The van der Waals surface area contributed by atoms with Gasteiger partial charge in [0.1, 0.15) is 11.6 Å². The zero-order valence-electron chi connectivity index (χ0n) is 12.4. The number of carbonyl (C=O) groups is 1. The molecule has 2 aromatic rings. The van der Waals surface area contributed by atoms with Gasteiger partial charge in [-0.3, -0.25) is 4.79 Å². The van der Waals surface area contributed by atoms with Gasteiger partial charge in [0.15, 0.2) is 0 Å². The summed E-state index contributed by atoms with van der Waals surface area (Å²) in [6, 6.07) is 4.55. The lowest BCUT2D eigenvalue weighted by Gasteiger charge is -2.15. The number of amides is 1. The second-order valence-corrected chi connectivity index (χ2v) is 5.35. The van der Waals surface area contributed by atoms with Crippen molar-refractivity contribution in [1.82, 2.24) is 15.3 Å². The van der Waals surface area contributed by atoms with E-state index in [9.17, 15) is 13.6 Å². The largest absolute Gasteiger partial charge is 0.346 e. The minimum Gasteiger partial charge on any atom is -0.346 e. The van der Waals surface area contributed by atoms with Crippen molar-refractivity contribution in [3.05, 3.63) is 53.4 Å². The maximum Gasteiger partial charge on any atom is 0.254 e. The van der Waals surface area contributed by atoms with Crippen LogP contribution >= 0.6 is 0 Å². The van der Waals surface area contributed by atoms with E-state index in [0.29, 0.717) is 17.7 Å². The molecule has 7 heteroatoms. The van der Waals surface area contributed by atoms with E-state index < -0.39 is 17.5 Å². The van der Waals surface area contributed by atoms with Crippen molar-refractivity contribution >= 4 is 11.9 Å². The highest BCUT2D eigenvalue weighted by molar-refractivity contribution is 5.94. The van der Waals surface area contributed by atoms with Crippen LogP contribution in [0.3, 0.4) is 0 Å². The Morgan fingerprint density at radius 3 is 2.74 bits per heavy atom. The Kier molecular flexibility index (Phi) is 4.45. The number of halogens is 2. The summed E-state index contributed by atoms with van der Waals surface area (Å²) in [6.45, 7) is 2.01. The topological polar surface area (TPSA) is 58.1 Å². The molecule has 1 amide bonds. The molecule has 0 unspecified atom stereocenters. The van der Waals surface area contributed by atoms with Gasteiger partial charge in [-0.05, 0) is 31.0 Å². The summed E-state index contributed by atoms with van der Waals surface area (Å²) in [4.78, 5) is 22.7. The molecule has 120 valence electrons. The highest BCUT2D eigenvalue weighted by Crippen LogP contribution is 2.15. The molecule has 1 aliphatic rings. The Balaban J connectivity index is 1.65. The predicted octanol–water partition coefficient (Wildman–Crippen LogP) is 2.29. The second kappa shape index (κ2) is 6.68. The highest BCUT2D eigenvalue weighted by Gasteiger charge is 2.16. The van der Waals surface area contributed by atoms with Crippen LogP contribution in [0.4, 0.5) is 14.7 Å². The Bertz CT molecular complexity index is 717. The number of nitrogens with one attached hydrogen (secondary N) is 1. The van der Waals surface area contributed by atoms with Crippen molar-refractivity contribution in [3.8, 4) is 0 Å². The number of benzene rings is 1. The van der Waals surface area contributed by atoms with E-state index in [2.05, 4.69) is 20.2 Å². The molecule has 5 nitrogen and oxygen atoms in total. The van der Waals surface area contributed by atoms with E-state index in [-0.39, 0.29) is 12.1 Å². The fourth-order valence-corrected chi connectivity index (χ4v) is 2.49. The molecule has 2 heterocycles. The third-order valence-corrected chi connectivity index (χ3v) is 3.70. The third kappa shape index (κ3) is 3.61. The van der Waals surface area contributed by atoms with Gasteiger partial charge in [-0.25, -0.2) is 18.7 Å². The van der Waals surface area contributed by atoms with Gasteiger partial charge in [-0.2, -0.15) is 0 Å². The summed E-state index contributed by atoms with van der Waals surface area (Å²) < 4.78 is 26.4. The molecule has 0 spiro atoms. The van der Waals surface area contributed by atoms with Crippen molar-refractivity contribution in [2.75, 3.05) is 18.0 Å². The summed E-state index contributed by atoms with van der Waals surface area (Å²) in [5.41, 5.74) is 0.443. The molecular weight excluding hydrogens is 302 g/mol. The molecule has 1 aliphatic heterocycles. The van der Waals surface area contributed by atoms with Gasteiger partial charge in [-0.1, -0.05) is 0 Å². The first-order chi connectivity index (χ1) is 11.1. The van der Waals surface area contributed by atoms with Crippen LogP contribution in [0.2, 0.25) is 0 Å². The molecule has 0 radical (unpaired) electrons. The van der Waals surface area contributed by atoms with E-state index in [1.807, 2.05) is 0 Å². The van der Waals surface area contributed by atoms with Crippen LogP contribution in [0.1, 0.15) is 28.9 Å². The van der Waals surface area contributed by atoms with Crippen molar-refractivity contribution in [2.24, 2.45) is 0 Å². The summed E-state index contributed by atoms with van der Waals surface area (Å²) in [7, 11) is 0. The summed E-state index contributed by atoms with van der Waals surface area (Å²) in [5, 5.41) is 2.58. The highest BCUT2D eigenvalue weighted by atomic mass is 19.1. The third-order valence-electron chi connectivity index (χ3n) is 3.70. The lowest BCUT2D eigenvalue weighted by Crippen LogP contribution is -2.25. The van der Waals surface area contributed by atoms with Crippen molar-refractivity contribution in [2.45, 2.75) is 19.4 Å². The van der Waals surface area contributed by atoms with E-state index in [1.54, 1.807) is 12.3 Å². The summed E-state index contributed by atoms with van der Waals surface area (Å²) in [5.74, 6) is -1.57. The van der Waals surface area contributed by atoms with E-state index in [1.165, 1.54) is 0 Å². The van der Waals surface area contributed by atoms with Crippen LogP contribution in [0.25, 0.3) is 0 Å². The Labute approximate surface area is 132 Å². The molecule has 0 atom stereocenters. The average molecular weight is 318 g/mol. The van der Waals surface area contributed by atoms with Gasteiger partial charge in [0, 0.05) is 25.4 Å². The number of aromatic nitrogens is 2. The van der Waals surface area contributed by atoms with Gasteiger partial charge in [-0.15, -0.1) is 0 Å². The Morgan fingerprint density at radius 2 is 2.00 bits per heavy atom. The standard InChI is InChI=1S/C16H16F2N4O/c17-11-3-4-13(14(18)9-11)15(23)20-10-12-5-6-19-16(21-12)22-7-1-2-8-22/h3-6,9H,1-2,7-8,10H2,(H,20,23). The average Bonchev–Trinajstić information content (AvgIpc) is 3.07. The molecule has 23 heavy (non-hydrogen) atoms. The van der Waals surface area contributed by atoms with E-state index in [0.717, 1.165) is 38.1 Å². The zero-order valence-corrected chi connectivity index (χ0v) is 12.4. The first-order valence-corrected chi connectivity index (χ1v) is 7.43. The van der Waals surface area contributed by atoms with Gasteiger partial charge in [0.25, 0.3) is 5.91 Å². The molecule has 1 aromatic heterocycles. The van der Waals surface area contributed by atoms with Crippen molar-refractivity contribution in [1.29, 1.82) is 0 Å². The van der Waals surface area contributed by atoms with Crippen LogP contribution in [-0.4, -0.2) is 29.0 Å². The smallest absolute Gasteiger partial charge is 0.254 e. The van der Waals surface area contributed by atoms with Crippen LogP contribution in [0.15, 0.2) is 30.5 Å². The SMILES string of the molecule is O=C(NCc1ccnc(N2CCCC2)n1)c1ccc(F)cc1F. The minimum absolute atomic E-state index is 0.152. The minimum atomic E-state index is -0.886.